The number of pyridine rings is 1. The highest BCUT2D eigenvalue weighted by Crippen LogP contribution is 2.04. The fourth-order valence-corrected chi connectivity index (χ4v) is 0.863. The second-order valence-electron chi connectivity index (χ2n) is 1.84. The fraction of sp³-hybridized carbons (Fsp3) is 0.167. The molecule has 0 bridgehead atoms. The van der Waals surface area contributed by atoms with Crippen LogP contribution in [0.2, 0.25) is 5.15 Å². The van der Waals surface area contributed by atoms with Gasteiger partial charge in [-0.3, -0.25) is 5.21 Å². The first kappa shape index (κ1) is 7.63. The van der Waals surface area contributed by atoms with Gasteiger partial charge in [-0.2, -0.15) is 0 Å². The molecule has 1 aromatic heterocycles. The number of alkyl halides is 1. The summed E-state index contributed by atoms with van der Waals surface area (Å²) in [6.45, 7) is 0. The third-order valence-corrected chi connectivity index (χ3v) is 1.70. The summed E-state index contributed by atoms with van der Waals surface area (Å²) < 4.78 is 0.833. The molecule has 0 atom stereocenters. The summed E-state index contributed by atoms with van der Waals surface area (Å²) in [6.07, 6.45) is 1.47. The van der Waals surface area contributed by atoms with Crippen LogP contribution in [0.5, 0.6) is 0 Å². The van der Waals surface area contributed by atoms with Gasteiger partial charge in [-0.15, -0.1) is 11.6 Å². The maximum absolute atomic E-state index is 8.96. The van der Waals surface area contributed by atoms with Gasteiger partial charge in [0.25, 0.3) is 0 Å². The monoisotopic (exact) mass is 178 g/mol. The van der Waals surface area contributed by atoms with Crippen LogP contribution in [0.15, 0.2) is 18.3 Å². The Bertz CT molecular complexity index is 239. The molecule has 0 aliphatic heterocycles. The van der Waals surface area contributed by atoms with Crippen molar-refractivity contribution in [2.75, 3.05) is 0 Å². The van der Waals surface area contributed by atoms with Crippen molar-refractivity contribution in [1.82, 2.24) is 0 Å². The highest BCUT2D eigenvalue weighted by atomic mass is 35.5. The topological polar surface area (TPSA) is 24.1 Å². The second kappa shape index (κ2) is 3.08. The second-order valence-corrected chi connectivity index (χ2v) is 2.49. The Morgan fingerprint density at radius 1 is 1.50 bits per heavy atom. The van der Waals surface area contributed by atoms with E-state index in [4.69, 9.17) is 28.4 Å². The largest absolute Gasteiger partial charge is 0.325 e. The molecule has 1 aromatic rings. The molecule has 0 unspecified atom stereocenters. The third-order valence-electron chi connectivity index (χ3n) is 1.10. The van der Waals surface area contributed by atoms with E-state index in [0.29, 0.717) is 5.88 Å². The lowest BCUT2D eigenvalue weighted by molar-refractivity contribution is -0.903. The Morgan fingerprint density at radius 2 is 2.20 bits per heavy atom. The molecule has 0 saturated heterocycles. The van der Waals surface area contributed by atoms with Gasteiger partial charge in [0.05, 0.1) is 5.88 Å². The molecule has 0 spiro atoms. The van der Waals surface area contributed by atoms with Crippen molar-refractivity contribution in [2.45, 2.75) is 5.88 Å². The Labute approximate surface area is 68.6 Å². The lowest BCUT2D eigenvalue weighted by atomic mass is 10.3. The van der Waals surface area contributed by atoms with Crippen molar-refractivity contribution < 1.29 is 9.94 Å². The summed E-state index contributed by atoms with van der Waals surface area (Å²) in [6, 6.07) is 3.33. The van der Waals surface area contributed by atoms with Crippen LogP contribution in [0.1, 0.15) is 5.56 Å². The summed E-state index contributed by atoms with van der Waals surface area (Å²) in [5.41, 5.74) is 0.827. The molecular weight excluding hydrogens is 173 g/mol. The quantitative estimate of drug-likeness (QED) is 0.301. The summed E-state index contributed by atoms with van der Waals surface area (Å²) >= 11 is 11.0. The van der Waals surface area contributed by atoms with Gasteiger partial charge in [0, 0.05) is 16.4 Å². The van der Waals surface area contributed by atoms with Gasteiger partial charge in [-0.1, -0.05) is 0 Å². The van der Waals surface area contributed by atoms with Gasteiger partial charge in [0.1, 0.15) is 0 Å². The van der Waals surface area contributed by atoms with Gasteiger partial charge >= 0.3 is 5.15 Å². The molecule has 0 aromatic carbocycles. The van der Waals surface area contributed by atoms with Gasteiger partial charge in [0.15, 0.2) is 0 Å². The number of hydrogen-bond acceptors (Lipinski definition) is 1. The first-order chi connectivity index (χ1) is 4.74. The Balaban J connectivity index is 3.04. The predicted molar refractivity (Wildman–Crippen MR) is 38.4 cm³/mol. The molecule has 0 fully saturated rings. The number of hydrogen-bond donors (Lipinski definition) is 1. The molecule has 0 aliphatic rings. The van der Waals surface area contributed by atoms with E-state index < -0.39 is 0 Å². The van der Waals surface area contributed by atoms with Crippen LogP contribution >= 0.6 is 23.2 Å². The molecule has 0 radical (unpaired) electrons. The van der Waals surface area contributed by atoms with E-state index in [1.807, 2.05) is 0 Å². The van der Waals surface area contributed by atoms with Crippen LogP contribution in [0.3, 0.4) is 0 Å². The first-order valence-corrected chi connectivity index (χ1v) is 3.60. The lowest BCUT2D eigenvalue weighted by Gasteiger charge is -1.89. The number of nitrogens with zero attached hydrogens (tertiary/aromatic N) is 1. The summed E-state index contributed by atoms with van der Waals surface area (Å²) in [7, 11) is 0. The van der Waals surface area contributed by atoms with Crippen LogP contribution < -0.4 is 4.73 Å². The molecular formula is C6H6Cl2NO+. The molecule has 1 heterocycles. The van der Waals surface area contributed by atoms with E-state index in [1.54, 1.807) is 12.1 Å². The van der Waals surface area contributed by atoms with Gasteiger partial charge < -0.3 is 0 Å². The van der Waals surface area contributed by atoms with Gasteiger partial charge in [-0.05, 0) is 17.7 Å². The number of halogens is 2. The third kappa shape index (κ3) is 1.52. The minimum atomic E-state index is 0.272. The van der Waals surface area contributed by atoms with Crippen molar-refractivity contribution in [3.63, 3.8) is 0 Å². The number of rotatable bonds is 1. The van der Waals surface area contributed by atoms with E-state index >= 15 is 0 Å². The van der Waals surface area contributed by atoms with E-state index in [-0.39, 0.29) is 5.15 Å². The first-order valence-electron chi connectivity index (χ1n) is 2.69. The minimum absolute atomic E-state index is 0.272. The highest BCUT2D eigenvalue weighted by molar-refractivity contribution is 6.28. The molecule has 2 nitrogen and oxygen atoms in total. The van der Waals surface area contributed by atoms with Crippen molar-refractivity contribution in [1.29, 1.82) is 0 Å². The molecule has 4 heteroatoms. The summed E-state index contributed by atoms with van der Waals surface area (Å²) in [4.78, 5) is 0. The SMILES string of the molecule is O[n+]1cc(CCl)ccc1Cl. The predicted octanol–water partition coefficient (Wildman–Crippen LogP) is 1.60. The van der Waals surface area contributed by atoms with Crippen molar-refractivity contribution in [3.05, 3.63) is 29.0 Å². The van der Waals surface area contributed by atoms with E-state index in [0.717, 1.165) is 10.3 Å². The standard InChI is InChI=1S/C6H6Cl2NO/c7-3-5-1-2-6(8)9(10)4-5/h1-2,4,10H,3H2/q+1. The van der Waals surface area contributed by atoms with Crippen LogP contribution in [-0.4, -0.2) is 5.21 Å². The number of aromatic nitrogens is 1. The Hall–Kier alpha value is -0.470. The summed E-state index contributed by atoms with van der Waals surface area (Å²) in [5.74, 6) is 0.373. The summed E-state index contributed by atoms with van der Waals surface area (Å²) in [5, 5.41) is 9.23. The van der Waals surface area contributed by atoms with Gasteiger partial charge in [0.2, 0.25) is 6.20 Å². The zero-order valence-corrected chi connectivity index (χ0v) is 6.60. The molecule has 10 heavy (non-hydrogen) atoms. The average Bonchev–Trinajstić information content (AvgIpc) is 1.95. The van der Waals surface area contributed by atoms with E-state index in [1.165, 1.54) is 6.20 Å². The van der Waals surface area contributed by atoms with Gasteiger partial charge in [-0.25, -0.2) is 0 Å². The van der Waals surface area contributed by atoms with E-state index in [2.05, 4.69) is 0 Å². The maximum atomic E-state index is 8.96. The zero-order valence-electron chi connectivity index (χ0n) is 5.09. The average molecular weight is 179 g/mol. The highest BCUT2D eigenvalue weighted by Gasteiger charge is 2.06. The minimum Gasteiger partial charge on any atom is -0.284 e. The molecule has 1 N–H and O–H groups in total. The van der Waals surface area contributed by atoms with Crippen molar-refractivity contribution in [2.24, 2.45) is 0 Å². The maximum Gasteiger partial charge on any atom is 0.325 e. The fourth-order valence-electron chi connectivity index (χ4n) is 0.593. The Kier molecular flexibility index (Phi) is 2.35. The Morgan fingerprint density at radius 3 is 2.70 bits per heavy atom. The normalized spacial score (nSPS) is 9.80. The molecule has 0 aliphatic carbocycles. The molecule has 0 amide bonds. The molecule has 54 valence electrons. The van der Waals surface area contributed by atoms with Crippen LogP contribution in [-0.2, 0) is 5.88 Å². The van der Waals surface area contributed by atoms with Crippen LogP contribution in [0.25, 0.3) is 0 Å². The van der Waals surface area contributed by atoms with Crippen LogP contribution in [0.4, 0.5) is 0 Å². The van der Waals surface area contributed by atoms with Crippen LogP contribution in [0, 0.1) is 0 Å². The smallest absolute Gasteiger partial charge is 0.284 e. The van der Waals surface area contributed by atoms with Crippen molar-refractivity contribution in [3.8, 4) is 0 Å². The molecule has 1 rings (SSSR count). The van der Waals surface area contributed by atoms with Crippen molar-refractivity contribution >= 4 is 23.2 Å². The van der Waals surface area contributed by atoms with E-state index in [9.17, 15) is 0 Å². The zero-order chi connectivity index (χ0) is 7.56. The molecule has 0 saturated carbocycles. The lowest BCUT2D eigenvalue weighted by Crippen LogP contribution is -2.31.